The van der Waals surface area contributed by atoms with Gasteiger partial charge in [0.15, 0.2) is 0 Å². The van der Waals surface area contributed by atoms with Gasteiger partial charge in [-0.05, 0) is 30.2 Å². The zero-order valence-electron chi connectivity index (χ0n) is 15.0. The third-order valence-electron chi connectivity index (χ3n) is 5.10. The average molecular weight is 341 g/mol. The van der Waals surface area contributed by atoms with E-state index in [-0.39, 0.29) is 5.92 Å². The van der Waals surface area contributed by atoms with Crippen molar-refractivity contribution in [1.29, 1.82) is 0 Å². The van der Waals surface area contributed by atoms with Gasteiger partial charge in [0, 0.05) is 25.6 Å². The average Bonchev–Trinajstić information content (AvgIpc) is 2.67. The van der Waals surface area contributed by atoms with Gasteiger partial charge >= 0.3 is 0 Å². The summed E-state index contributed by atoms with van der Waals surface area (Å²) in [6.07, 6.45) is 0. The SMILES string of the molecule is COc1ccc([C@](C)(O)[C@H](CN2CCOCC2)c2ccccc2)cc1. The van der Waals surface area contributed by atoms with E-state index in [1.165, 1.54) is 0 Å². The fourth-order valence-corrected chi connectivity index (χ4v) is 3.46. The Kier molecular flexibility index (Phi) is 5.74. The van der Waals surface area contributed by atoms with Gasteiger partial charge in [0.2, 0.25) is 0 Å². The third-order valence-corrected chi connectivity index (χ3v) is 5.10. The summed E-state index contributed by atoms with van der Waals surface area (Å²) in [6, 6.07) is 18.0. The summed E-state index contributed by atoms with van der Waals surface area (Å²) in [4.78, 5) is 2.37. The first-order chi connectivity index (χ1) is 12.1. The van der Waals surface area contributed by atoms with Crippen molar-refractivity contribution in [1.82, 2.24) is 4.90 Å². The van der Waals surface area contributed by atoms with Crippen LogP contribution in [-0.2, 0) is 10.3 Å². The van der Waals surface area contributed by atoms with E-state index in [2.05, 4.69) is 17.0 Å². The van der Waals surface area contributed by atoms with E-state index >= 15 is 0 Å². The maximum Gasteiger partial charge on any atom is 0.118 e. The second-order valence-corrected chi connectivity index (χ2v) is 6.75. The van der Waals surface area contributed by atoms with E-state index < -0.39 is 5.60 Å². The molecule has 2 aromatic rings. The molecule has 2 atom stereocenters. The Balaban J connectivity index is 1.90. The Morgan fingerprint density at radius 3 is 2.32 bits per heavy atom. The van der Waals surface area contributed by atoms with E-state index in [1.807, 2.05) is 49.4 Å². The lowest BCUT2D eigenvalue weighted by atomic mass is 9.78. The van der Waals surface area contributed by atoms with Crippen molar-refractivity contribution in [3.8, 4) is 5.75 Å². The van der Waals surface area contributed by atoms with Gasteiger partial charge in [-0.25, -0.2) is 0 Å². The third kappa shape index (κ3) is 4.21. The lowest BCUT2D eigenvalue weighted by Crippen LogP contribution is -2.43. The van der Waals surface area contributed by atoms with Crippen LogP contribution in [-0.4, -0.2) is 50.0 Å². The lowest BCUT2D eigenvalue weighted by molar-refractivity contribution is -0.0107. The normalized spacial score (nSPS) is 19.2. The maximum atomic E-state index is 11.5. The molecular formula is C21H27NO3. The quantitative estimate of drug-likeness (QED) is 0.877. The number of hydrogen-bond acceptors (Lipinski definition) is 4. The van der Waals surface area contributed by atoms with Crippen molar-refractivity contribution in [2.75, 3.05) is 40.0 Å². The molecule has 0 amide bonds. The van der Waals surface area contributed by atoms with Crippen molar-refractivity contribution in [3.05, 3.63) is 65.7 Å². The summed E-state index contributed by atoms with van der Waals surface area (Å²) in [7, 11) is 1.65. The van der Waals surface area contributed by atoms with Gasteiger partial charge in [-0.3, -0.25) is 4.90 Å². The van der Waals surface area contributed by atoms with Gasteiger partial charge in [-0.2, -0.15) is 0 Å². The Labute approximate surface area is 150 Å². The van der Waals surface area contributed by atoms with Crippen molar-refractivity contribution in [3.63, 3.8) is 0 Å². The van der Waals surface area contributed by atoms with Crippen molar-refractivity contribution in [2.24, 2.45) is 0 Å². The van der Waals surface area contributed by atoms with E-state index in [4.69, 9.17) is 9.47 Å². The molecule has 0 radical (unpaired) electrons. The van der Waals surface area contributed by atoms with E-state index in [1.54, 1.807) is 7.11 Å². The molecule has 0 aliphatic carbocycles. The lowest BCUT2D eigenvalue weighted by Gasteiger charge is -2.38. The van der Waals surface area contributed by atoms with Crippen molar-refractivity contribution >= 4 is 0 Å². The second kappa shape index (κ2) is 8.00. The van der Waals surface area contributed by atoms with E-state index in [9.17, 15) is 5.11 Å². The highest BCUT2D eigenvalue weighted by Gasteiger charge is 2.36. The van der Waals surface area contributed by atoms with Gasteiger partial charge in [0.05, 0.1) is 25.9 Å². The van der Waals surface area contributed by atoms with Crippen LogP contribution in [0.1, 0.15) is 24.0 Å². The smallest absolute Gasteiger partial charge is 0.118 e. The molecule has 1 aliphatic heterocycles. The van der Waals surface area contributed by atoms with Crippen molar-refractivity contribution < 1.29 is 14.6 Å². The first-order valence-electron chi connectivity index (χ1n) is 8.83. The largest absolute Gasteiger partial charge is 0.497 e. The van der Waals surface area contributed by atoms with Gasteiger partial charge in [0.25, 0.3) is 0 Å². The Morgan fingerprint density at radius 1 is 1.08 bits per heavy atom. The number of rotatable bonds is 6. The number of morpholine rings is 1. The highest BCUT2D eigenvalue weighted by atomic mass is 16.5. The molecule has 134 valence electrons. The molecule has 3 rings (SSSR count). The summed E-state index contributed by atoms with van der Waals surface area (Å²) in [5.41, 5.74) is 1.07. The van der Waals surface area contributed by atoms with E-state index in [0.717, 1.165) is 49.7 Å². The van der Waals surface area contributed by atoms with Crippen LogP contribution in [0.15, 0.2) is 54.6 Å². The maximum absolute atomic E-state index is 11.5. The van der Waals surface area contributed by atoms with Gasteiger partial charge < -0.3 is 14.6 Å². The minimum atomic E-state index is -0.980. The number of hydrogen-bond donors (Lipinski definition) is 1. The molecule has 25 heavy (non-hydrogen) atoms. The molecule has 0 saturated carbocycles. The van der Waals surface area contributed by atoms with Crippen LogP contribution in [0.2, 0.25) is 0 Å². The first kappa shape index (κ1) is 17.9. The topological polar surface area (TPSA) is 41.9 Å². The van der Waals surface area contributed by atoms with E-state index in [0.29, 0.717) is 0 Å². The fourth-order valence-electron chi connectivity index (χ4n) is 3.46. The highest BCUT2D eigenvalue weighted by molar-refractivity contribution is 5.35. The van der Waals surface area contributed by atoms with Crippen LogP contribution in [0.5, 0.6) is 5.75 Å². The summed E-state index contributed by atoms with van der Waals surface area (Å²) in [5.74, 6) is 0.768. The van der Waals surface area contributed by atoms with Crippen LogP contribution in [0, 0.1) is 0 Å². The minimum absolute atomic E-state index is 0.0276. The molecule has 1 aliphatic rings. The minimum Gasteiger partial charge on any atom is -0.497 e. The zero-order valence-corrected chi connectivity index (χ0v) is 15.0. The Morgan fingerprint density at radius 2 is 1.72 bits per heavy atom. The molecule has 1 heterocycles. The second-order valence-electron chi connectivity index (χ2n) is 6.75. The van der Waals surface area contributed by atoms with Crippen LogP contribution < -0.4 is 4.74 Å². The number of ether oxygens (including phenoxy) is 2. The molecule has 2 aromatic carbocycles. The first-order valence-corrected chi connectivity index (χ1v) is 8.83. The molecule has 1 N–H and O–H groups in total. The highest BCUT2D eigenvalue weighted by Crippen LogP contribution is 2.38. The molecule has 1 fully saturated rings. The van der Waals surface area contributed by atoms with Crippen LogP contribution >= 0.6 is 0 Å². The van der Waals surface area contributed by atoms with Crippen LogP contribution in [0.3, 0.4) is 0 Å². The molecule has 0 unspecified atom stereocenters. The van der Waals surface area contributed by atoms with Gasteiger partial charge in [-0.15, -0.1) is 0 Å². The summed E-state index contributed by atoms with van der Waals surface area (Å²) in [5, 5.41) is 11.5. The Hall–Kier alpha value is -1.88. The Bertz CT molecular complexity index is 649. The molecule has 4 nitrogen and oxygen atoms in total. The molecule has 0 aromatic heterocycles. The summed E-state index contributed by atoms with van der Waals surface area (Å²) in [6.45, 7) is 6.03. The van der Waals surface area contributed by atoms with Crippen LogP contribution in [0.25, 0.3) is 0 Å². The molecule has 1 saturated heterocycles. The number of nitrogens with zero attached hydrogens (tertiary/aromatic N) is 1. The van der Waals surface area contributed by atoms with Gasteiger partial charge in [-0.1, -0.05) is 42.5 Å². The predicted molar refractivity (Wildman–Crippen MR) is 99.0 cm³/mol. The van der Waals surface area contributed by atoms with Gasteiger partial charge in [0.1, 0.15) is 5.75 Å². The summed E-state index contributed by atoms with van der Waals surface area (Å²) < 4.78 is 10.7. The molecule has 0 spiro atoms. The van der Waals surface area contributed by atoms with Crippen LogP contribution in [0.4, 0.5) is 0 Å². The molecule has 0 bridgehead atoms. The monoisotopic (exact) mass is 341 g/mol. The standard InChI is InChI=1S/C21H27NO3/c1-21(23,18-8-10-19(24-2)11-9-18)20(17-6-4-3-5-7-17)16-22-12-14-25-15-13-22/h3-11,20,23H,12-16H2,1-2H3/t20-,21+/m1/s1. The molecular weight excluding hydrogens is 314 g/mol. The number of benzene rings is 2. The fraction of sp³-hybridized carbons (Fsp3) is 0.429. The molecule has 4 heteroatoms. The number of aliphatic hydroxyl groups is 1. The summed E-state index contributed by atoms with van der Waals surface area (Å²) >= 11 is 0. The number of methoxy groups -OCH3 is 1. The predicted octanol–water partition coefficient (Wildman–Crippen LogP) is 3.02. The zero-order chi connectivity index (χ0) is 17.7. The van der Waals surface area contributed by atoms with Crippen molar-refractivity contribution in [2.45, 2.75) is 18.4 Å².